The van der Waals surface area contributed by atoms with Gasteiger partial charge in [-0.05, 0) is 24.3 Å². The Hall–Kier alpha value is -2.06. The quantitative estimate of drug-likeness (QED) is 0.164. The Bertz CT molecular complexity index is 863. The molecule has 0 amide bonds. The zero-order valence-corrected chi connectivity index (χ0v) is 17.9. The van der Waals surface area contributed by atoms with Crippen molar-refractivity contribution in [3.8, 4) is 0 Å². The van der Waals surface area contributed by atoms with Crippen LogP contribution in [0.5, 0.6) is 0 Å². The molecule has 0 spiro atoms. The molecule has 0 radical (unpaired) electrons. The fourth-order valence-electron chi connectivity index (χ4n) is 2.87. The standard InChI is InChI=1S/C19H20Cl3N2O5/c1-24(8-9-28-19(25)29-13-20,12-15-4-5-16(21)10-18(15)22)11-14-2-6-17(7-3-14)23(26)27/h2-7,10H,8-9,11-13H2,1H3/q+1. The van der Waals surface area contributed by atoms with E-state index in [2.05, 4.69) is 4.74 Å². The molecule has 0 heterocycles. The summed E-state index contributed by atoms with van der Waals surface area (Å²) in [7, 11) is 1.97. The highest BCUT2D eigenvalue weighted by molar-refractivity contribution is 6.35. The SMILES string of the molecule is C[N+](CCOC(=O)OCCl)(Cc1ccc([N+](=O)[O-])cc1)Cc1ccc(Cl)cc1Cl. The topological polar surface area (TPSA) is 78.7 Å². The molecular formula is C19H20Cl3N2O5+. The lowest BCUT2D eigenvalue weighted by molar-refractivity contribution is -0.935. The van der Waals surface area contributed by atoms with Crippen LogP contribution in [0.15, 0.2) is 42.5 Å². The molecule has 0 aliphatic carbocycles. The number of carbonyl (C=O) groups is 1. The van der Waals surface area contributed by atoms with Crippen LogP contribution in [0.25, 0.3) is 0 Å². The minimum Gasteiger partial charge on any atom is -0.428 e. The Morgan fingerprint density at radius 1 is 1.10 bits per heavy atom. The molecule has 0 saturated heterocycles. The number of alkyl halides is 1. The third kappa shape index (κ3) is 7.36. The molecule has 1 unspecified atom stereocenters. The summed E-state index contributed by atoms with van der Waals surface area (Å²) in [6.45, 7) is 1.61. The second kappa shape index (κ2) is 10.6. The minimum absolute atomic E-state index is 0.0239. The first-order chi connectivity index (χ1) is 13.7. The molecule has 29 heavy (non-hydrogen) atoms. The third-order valence-corrected chi connectivity index (χ3v) is 5.00. The van der Waals surface area contributed by atoms with Crippen LogP contribution in [0.1, 0.15) is 11.1 Å². The molecular weight excluding hydrogens is 443 g/mol. The predicted molar refractivity (Wildman–Crippen MR) is 111 cm³/mol. The number of rotatable bonds is 9. The van der Waals surface area contributed by atoms with E-state index in [1.807, 2.05) is 13.1 Å². The molecule has 0 bridgehead atoms. The Morgan fingerprint density at radius 3 is 2.38 bits per heavy atom. The van der Waals surface area contributed by atoms with Gasteiger partial charge in [-0.15, -0.1) is 0 Å². The summed E-state index contributed by atoms with van der Waals surface area (Å²) in [5.74, 6) is 0. The summed E-state index contributed by atoms with van der Waals surface area (Å²) >= 11 is 17.7. The van der Waals surface area contributed by atoms with Crippen molar-refractivity contribution in [3.05, 3.63) is 73.8 Å². The molecule has 0 N–H and O–H groups in total. The summed E-state index contributed by atoms with van der Waals surface area (Å²) in [6.07, 6.45) is -0.841. The van der Waals surface area contributed by atoms with E-state index in [1.165, 1.54) is 12.1 Å². The number of non-ortho nitro benzene ring substituents is 1. The van der Waals surface area contributed by atoms with E-state index in [1.54, 1.807) is 24.3 Å². The number of carbonyl (C=O) groups excluding carboxylic acids is 1. The van der Waals surface area contributed by atoms with Crippen molar-refractivity contribution in [3.63, 3.8) is 0 Å². The van der Waals surface area contributed by atoms with Gasteiger partial charge in [-0.1, -0.05) is 40.9 Å². The fraction of sp³-hybridized carbons (Fsp3) is 0.316. The molecule has 0 aliphatic heterocycles. The van der Waals surface area contributed by atoms with Crippen LogP contribution >= 0.6 is 34.8 Å². The Kier molecular flexibility index (Phi) is 8.52. The first-order valence-electron chi connectivity index (χ1n) is 8.59. The molecule has 0 aromatic heterocycles. The number of nitrogens with zero attached hydrogens (tertiary/aromatic N) is 2. The maximum atomic E-state index is 11.4. The van der Waals surface area contributed by atoms with Crippen LogP contribution in [0.3, 0.4) is 0 Å². The van der Waals surface area contributed by atoms with Gasteiger partial charge in [-0.2, -0.15) is 0 Å². The van der Waals surface area contributed by atoms with Gasteiger partial charge in [-0.25, -0.2) is 4.79 Å². The van der Waals surface area contributed by atoms with Crippen molar-refractivity contribution in [2.75, 3.05) is 26.3 Å². The van der Waals surface area contributed by atoms with Gasteiger partial charge in [0, 0.05) is 28.3 Å². The van der Waals surface area contributed by atoms with E-state index >= 15 is 0 Å². The molecule has 0 saturated carbocycles. The Morgan fingerprint density at radius 2 is 1.79 bits per heavy atom. The maximum Gasteiger partial charge on any atom is 0.509 e. The second-order valence-corrected chi connectivity index (χ2v) is 7.73. The van der Waals surface area contributed by atoms with Crippen LogP contribution in [0.2, 0.25) is 10.0 Å². The number of ether oxygens (including phenoxy) is 2. The summed E-state index contributed by atoms with van der Waals surface area (Å²) in [4.78, 5) is 21.8. The molecule has 2 aromatic rings. The summed E-state index contributed by atoms with van der Waals surface area (Å²) < 4.78 is 10.0. The number of nitro benzene ring substituents is 1. The molecule has 10 heteroatoms. The van der Waals surface area contributed by atoms with E-state index in [-0.39, 0.29) is 18.4 Å². The molecule has 2 rings (SSSR count). The number of likely N-dealkylation sites (N-methyl/N-ethyl adjacent to an activating group) is 1. The van der Waals surface area contributed by atoms with Crippen LogP contribution < -0.4 is 0 Å². The highest BCUT2D eigenvalue weighted by Crippen LogP contribution is 2.26. The van der Waals surface area contributed by atoms with Crippen molar-refractivity contribution >= 4 is 46.6 Å². The normalized spacial score (nSPS) is 12.8. The summed E-state index contributed by atoms with van der Waals surface area (Å²) in [5.41, 5.74) is 1.80. The average molecular weight is 463 g/mol. The third-order valence-electron chi connectivity index (χ3n) is 4.30. The number of quaternary nitrogens is 1. The molecule has 0 aliphatic rings. The van der Waals surface area contributed by atoms with Gasteiger partial charge in [0.1, 0.15) is 26.2 Å². The van der Waals surface area contributed by atoms with Crippen molar-refractivity contribution in [1.29, 1.82) is 0 Å². The van der Waals surface area contributed by atoms with E-state index in [9.17, 15) is 14.9 Å². The monoisotopic (exact) mass is 461 g/mol. The molecule has 156 valence electrons. The van der Waals surface area contributed by atoms with Crippen LogP contribution in [-0.4, -0.2) is 41.8 Å². The van der Waals surface area contributed by atoms with Crippen LogP contribution in [-0.2, 0) is 22.6 Å². The Labute approximate surface area is 183 Å². The lowest BCUT2D eigenvalue weighted by Gasteiger charge is -2.35. The van der Waals surface area contributed by atoms with Gasteiger partial charge in [0.15, 0.2) is 6.07 Å². The molecule has 7 nitrogen and oxygen atoms in total. The van der Waals surface area contributed by atoms with Crippen LogP contribution in [0, 0.1) is 10.1 Å². The van der Waals surface area contributed by atoms with E-state index in [4.69, 9.17) is 39.5 Å². The zero-order valence-electron chi connectivity index (χ0n) is 15.6. The van der Waals surface area contributed by atoms with Crippen molar-refractivity contribution in [2.45, 2.75) is 13.1 Å². The van der Waals surface area contributed by atoms with Gasteiger partial charge < -0.3 is 14.0 Å². The van der Waals surface area contributed by atoms with Gasteiger partial charge in [0.2, 0.25) is 0 Å². The van der Waals surface area contributed by atoms with E-state index in [0.717, 1.165) is 11.1 Å². The van der Waals surface area contributed by atoms with Crippen molar-refractivity contribution in [1.82, 2.24) is 0 Å². The summed E-state index contributed by atoms with van der Waals surface area (Å²) in [5, 5.41) is 11.9. The first kappa shape index (κ1) is 23.2. The number of hydrogen-bond donors (Lipinski definition) is 0. The molecule has 2 aromatic carbocycles. The van der Waals surface area contributed by atoms with E-state index < -0.39 is 11.1 Å². The Balaban J connectivity index is 2.18. The maximum absolute atomic E-state index is 11.4. The van der Waals surface area contributed by atoms with Gasteiger partial charge in [0.25, 0.3) is 5.69 Å². The van der Waals surface area contributed by atoms with Gasteiger partial charge in [-0.3, -0.25) is 10.1 Å². The summed E-state index contributed by atoms with van der Waals surface area (Å²) in [6, 6.07) is 11.3. The van der Waals surface area contributed by atoms with Gasteiger partial charge >= 0.3 is 6.16 Å². The minimum atomic E-state index is -0.841. The number of halogens is 3. The molecule has 0 fully saturated rings. The first-order valence-corrected chi connectivity index (χ1v) is 9.88. The van der Waals surface area contributed by atoms with Crippen LogP contribution in [0.4, 0.5) is 10.5 Å². The van der Waals surface area contributed by atoms with Crippen molar-refractivity contribution < 1.29 is 23.7 Å². The lowest BCUT2D eigenvalue weighted by atomic mass is 10.1. The average Bonchev–Trinajstić information content (AvgIpc) is 2.65. The highest BCUT2D eigenvalue weighted by atomic mass is 35.5. The smallest absolute Gasteiger partial charge is 0.428 e. The number of nitro groups is 1. The molecule has 1 atom stereocenters. The number of hydrogen-bond acceptors (Lipinski definition) is 5. The van der Waals surface area contributed by atoms with E-state index in [0.29, 0.717) is 34.2 Å². The van der Waals surface area contributed by atoms with Crippen molar-refractivity contribution in [2.24, 2.45) is 0 Å². The zero-order chi connectivity index (χ0) is 21.4. The number of benzene rings is 2. The highest BCUT2D eigenvalue weighted by Gasteiger charge is 2.25. The fourth-order valence-corrected chi connectivity index (χ4v) is 3.43. The second-order valence-electron chi connectivity index (χ2n) is 6.67. The largest absolute Gasteiger partial charge is 0.509 e. The van der Waals surface area contributed by atoms with Gasteiger partial charge in [0.05, 0.1) is 17.0 Å². The predicted octanol–water partition coefficient (Wildman–Crippen LogP) is 5.40. The lowest BCUT2D eigenvalue weighted by Crippen LogP contribution is -2.45.